The minimum Gasteiger partial charge on any atom is -0.486 e. The molecule has 1 aromatic carbocycles. The molecule has 5 heteroatoms. The molecule has 0 saturated carbocycles. The van der Waals surface area contributed by atoms with Crippen molar-refractivity contribution < 1.29 is 9.47 Å². The summed E-state index contributed by atoms with van der Waals surface area (Å²) in [6.45, 7) is 9.45. The van der Waals surface area contributed by atoms with Gasteiger partial charge in [0.2, 0.25) is 0 Å². The lowest BCUT2D eigenvalue weighted by Crippen LogP contribution is -2.31. The SMILES string of the molecule is C=c1ccn(C)/c1=C(/N=C\C)Nc1ccc(C)cc1O[C@@H]1CCOC1. The van der Waals surface area contributed by atoms with Gasteiger partial charge in [0.25, 0.3) is 0 Å². The number of benzene rings is 1. The number of nitrogens with zero attached hydrogens (tertiary/aromatic N) is 2. The predicted molar refractivity (Wildman–Crippen MR) is 102 cm³/mol. The van der Waals surface area contributed by atoms with Gasteiger partial charge in [-0.3, -0.25) is 0 Å². The van der Waals surface area contributed by atoms with Crippen molar-refractivity contribution in [1.82, 2.24) is 4.57 Å². The minimum absolute atomic E-state index is 0.0962. The molecule has 1 aromatic heterocycles. The highest BCUT2D eigenvalue weighted by Gasteiger charge is 2.19. The van der Waals surface area contributed by atoms with Gasteiger partial charge in [-0.2, -0.15) is 0 Å². The Morgan fingerprint density at radius 2 is 2.28 bits per heavy atom. The summed E-state index contributed by atoms with van der Waals surface area (Å²) in [5.41, 5.74) is 2.04. The van der Waals surface area contributed by atoms with Gasteiger partial charge in [-0.25, -0.2) is 4.99 Å². The molecule has 5 nitrogen and oxygen atoms in total. The second kappa shape index (κ2) is 7.57. The normalized spacial score (nSPS) is 18.6. The molecule has 0 unspecified atom stereocenters. The Bertz CT molecular complexity index is 877. The molecule has 2 aromatic rings. The quantitative estimate of drug-likeness (QED) is 0.850. The molecule has 0 bridgehead atoms. The highest BCUT2D eigenvalue weighted by molar-refractivity contribution is 5.74. The van der Waals surface area contributed by atoms with Crippen molar-refractivity contribution in [3.63, 3.8) is 0 Å². The lowest BCUT2D eigenvalue weighted by atomic mass is 10.2. The van der Waals surface area contributed by atoms with E-state index in [2.05, 4.69) is 29.9 Å². The number of aromatic nitrogens is 1. The number of aliphatic imine (C=N–C) groups is 1. The van der Waals surface area contributed by atoms with Crippen LogP contribution >= 0.6 is 0 Å². The first-order valence-electron chi connectivity index (χ1n) is 8.54. The average Bonchev–Trinajstić information content (AvgIpc) is 3.19. The van der Waals surface area contributed by atoms with E-state index < -0.39 is 0 Å². The molecule has 0 spiro atoms. The molecule has 1 N–H and O–H groups in total. The molecule has 0 amide bonds. The highest BCUT2D eigenvalue weighted by atomic mass is 16.5. The zero-order chi connectivity index (χ0) is 17.8. The van der Waals surface area contributed by atoms with Gasteiger partial charge < -0.3 is 19.4 Å². The number of anilines is 1. The first-order valence-corrected chi connectivity index (χ1v) is 8.54. The summed E-state index contributed by atoms with van der Waals surface area (Å²) in [5, 5.41) is 5.30. The zero-order valence-electron chi connectivity index (χ0n) is 15.1. The Labute approximate surface area is 148 Å². The lowest BCUT2D eigenvalue weighted by Gasteiger charge is -2.17. The zero-order valence-corrected chi connectivity index (χ0v) is 15.1. The monoisotopic (exact) mass is 339 g/mol. The molecule has 1 aliphatic rings. The van der Waals surface area contributed by atoms with E-state index in [9.17, 15) is 0 Å². The van der Waals surface area contributed by atoms with Gasteiger partial charge in [-0.15, -0.1) is 0 Å². The second-order valence-electron chi connectivity index (χ2n) is 6.26. The maximum Gasteiger partial charge on any atom is 0.154 e. The van der Waals surface area contributed by atoms with Crippen LogP contribution in [0.25, 0.3) is 12.4 Å². The van der Waals surface area contributed by atoms with Crippen LogP contribution in [-0.2, 0) is 11.8 Å². The molecular formula is C20H25N3O2. The topological polar surface area (TPSA) is 47.8 Å². The molecule has 3 rings (SSSR count). The van der Waals surface area contributed by atoms with Gasteiger partial charge >= 0.3 is 0 Å². The van der Waals surface area contributed by atoms with Gasteiger partial charge in [-0.1, -0.05) is 12.6 Å². The number of hydrogen-bond acceptors (Lipinski definition) is 4. The number of aryl methyl sites for hydroxylation is 2. The van der Waals surface area contributed by atoms with Gasteiger partial charge in [0.15, 0.2) is 5.82 Å². The third-order valence-electron chi connectivity index (χ3n) is 4.21. The van der Waals surface area contributed by atoms with Gasteiger partial charge in [0.1, 0.15) is 11.9 Å². The Balaban J connectivity index is 2.01. The van der Waals surface area contributed by atoms with Crippen LogP contribution in [0.4, 0.5) is 5.69 Å². The smallest absolute Gasteiger partial charge is 0.154 e. The van der Waals surface area contributed by atoms with Crippen LogP contribution in [0.3, 0.4) is 0 Å². The molecule has 1 saturated heterocycles. The fourth-order valence-electron chi connectivity index (χ4n) is 2.93. The van der Waals surface area contributed by atoms with Crippen molar-refractivity contribution in [3.8, 4) is 5.75 Å². The third kappa shape index (κ3) is 3.94. The van der Waals surface area contributed by atoms with Crippen molar-refractivity contribution >= 4 is 24.3 Å². The fraction of sp³-hybridized carbons (Fsp3) is 0.350. The van der Waals surface area contributed by atoms with Crippen LogP contribution in [0, 0.1) is 6.92 Å². The largest absolute Gasteiger partial charge is 0.486 e. The van der Waals surface area contributed by atoms with Crippen LogP contribution in [0.1, 0.15) is 18.9 Å². The van der Waals surface area contributed by atoms with Crippen molar-refractivity contribution in [2.75, 3.05) is 18.5 Å². The Kier molecular flexibility index (Phi) is 5.24. The fourth-order valence-corrected chi connectivity index (χ4v) is 2.93. The third-order valence-corrected chi connectivity index (χ3v) is 4.21. The second-order valence-corrected chi connectivity index (χ2v) is 6.26. The molecule has 2 heterocycles. The molecule has 132 valence electrons. The molecular weight excluding hydrogens is 314 g/mol. The molecule has 0 aliphatic carbocycles. The number of hydrogen-bond donors (Lipinski definition) is 1. The molecule has 25 heavy (non-hydrogen) atoms. The Morgan fingerprint density at radius 1 is 1.44 bits per heavy atom. The molecule has 0 radical (unpaired) electrons. The van der Waals surface area contributed by atoms with Crippen molar-refractivity contribution in [3.05, 3.63) is 46.6 Å². The van der Waals surface area contributed by atoms with Crippen LogP contribution in [0.2, 0.25) is 0 Å². The van der Waals surface area contributed by atoms with Crippen LogP contribution in [0.15, 0.2) is 35.5 Å². The molecule has 1 fully saturated rings. The van der Waals surface area contributed by atoms with Crippen LogP contribution in [0.5, 0.6) is 5.75 Å². The van der Waals surface area contributed by atoms with E-state index in [1.807, 2.05) is 42.9 Å². The summed E-state index contributed by atoms with van der Waals surface area (Å²) in [6.07, 6.45) is 4.76. The maximum absolute atomic E-state index is 6.17. The summed E-state index contributed by atoms with van der Waals surface area (Å²) in [6, 6.07) is 8.11. The van der Waals surface area contributed by atoms with Gasteiger partial charge in [0, 0.05) is 25.9 Å². The number of ether oxygens (including phenoxy) is 2. The van der Waals surface area contributed by atoms with E-state index in [-0.39, 0.29) is 6.10 Å². The van der Waals surface area contributed by atoms with E-state index in [0.29, 0.717) is 6.61 Å². The summed E-state index contributed by atoms with van der Waals surface area (Å²) in [5.74, 6) is 1.57. The highest BCUT2D eigenvalue weighted by Crippen LogP contribution is 2.29. The van der Waals surface area contributed by atoms with E-state index in [1.54, 1.807) is 6.21 Å². The van der Waals surface area contributed by atoms with E-state index in [4.69, 9.17) is 9.47 Å². The number of rotatable bonds is 5. The summed E-state index contributed by atoms with van der Waals surface area (Å²) in [7, 11) is 1.99. The standard InChI is InChI=1S/C20H25N3O2/c1-5-21-20(19-15(3)8-10-23(19)4)22-17-7-6-14(2)12-18(17)25-16-9-11-24-13-16/h5-8,10,12,16,22H,3,9,11,13H2,1-2,4H3/b20-19-,21-5-/t16-/m1/s1. The van der Waals surface area contributed by atoms with Crippen LogP contribution < -0.4 is 20.6 Å². The van der Waals surface area contributed by atoms with Crippen molar-refractivity contribution in [2.45, 2.75) is 26.4 Å². The minimum atomic E-state index is 0.0962. The van der Waals surface area contributed by atoms with Crippen molar-refractivity contribution in [1.29, 1.82) is 0 Å². The Morgan fingerprint density at radius 3 is 2.92 bits per heavy atom. The predicted octanol–water partition coefficient (Wildman–Crippen LogP) is 2.18. The molecule has 1 aliphatic heterocycles. The van der Waals surface area contributed by atoms with Gasteiger partial charge in [-0.05, 0) is 42.8 Å². The van der Waals surface area contributed by atoms with Crippen LogP contribution in [-0.4, -0.2) is 30.1 Å². The van der Waals surface area contributed by atoms with Crippen molar-refractivity contribution in [2.24, 2.45) is 12.0 Å². The molecule has 1 atom stereocenters. The first-order chi connectivity index (χ1) is 12.1. The number of nitrogens with one attached hydrogen (secondary N) is 1. The maximum atomic E-state index is 6.17. The van der Waals surface area contributed by atoms with Gasteiger partial charge in [0.05, 0.1) is 24.3 Å². The van der Waals surface area contributed by atoms with E-state index in [1.165, 1.54) is 0 Å². The Hall–Kier alpha value is -2.53. The summed E-state index contributed by atoms with van der Waals surface area (Å²) >= 11 is 0. The van der Waals surface area contributed by atoms with E-state index >= 15 is 0 Å². The summed E-state index contributed by atoms with van der Waals surface area (Å²) in [4.78, 5) is 4.52. The average molecular weight is 339 g/mol. The summed E-state index contributed by atoms with van der Waals surface area (Å²) < 4.78 is 13.6. The first kappa shape index (κ1) is 17.3. The lowest BCUT2D eigenvalue weighted by molar-refractivity contribution is 0.142. The van der Waals surface area contributed by atoms with E-state index in [0.717, 1.165) is 46.4 Å².